The molecule has 0 saturated heterocycles. The first kappa shape index (κ1) is 42.8. The number of carbonyl (C=O) groups is 1. The Kier molecular flexibility index (Phi) is 10.3. The van der Waals surface area contributed by atoms with Crippen molar-refractivity contribution < 1.29 is 48.3 Å². The van der Waals surface area contributed by atoms with Gasteiger partial charge in [0.2, 0.25) is 15.9 Å². The fourth-order valence-corrected chi connectivity index (χ4v) is 9.09. The molecule has 0 radical (unpaired) electrons. The number of aryl methyl sites for hydroxylation is 1. The zero-order valence-electron chi connectivity index (χ0n) is 32.8. The monoisotopic (exact) mass is 932 g/mol. The van der Waals surface area contributed by atoms with Crippen LogP contribution in [0.1, 0.15) is 65.3 Å². The van der Waals surface area contributed by atoms with E-state index in [4.69, 9.17) is 16.6 Å². The summed E-state index contributed by atoms with van der Waals surface area (Å²) >= 11 is 6.60. The first-order valence-electron chi connectivity index (χ1n) is 19.0. The maximum absolute atomic E-state index is 15.5. The number of sulfonamides is 1. The third kappa shape index (κ3) is 7.48. The summed E-state index contributed by atoms with van der Waals surface area (Å²) in [5, 5.41) is 10.4. The molecule has 2 N–H and O–H groups in total. The number of amides is 1. The maximum Gasteiger partial charge on any atom is 0.293 e. The van der Waals surface area contributed by atoms with Crippen LogP contribution in [0.5, 0.6) is 0 Å². The lowest BCUT2D eigenvalue weighted by molar-refractivity contribution is -0.123. The molecule has 64 heavy (non-hydrogen) atoms. The van der Waals surface area contributed by atoms with Gasteiger partial charge in [0, 0.05) is 42.8 Å². The van der Waals surface area contributed by atoms with Crippen molar-refractivity contribution in [3.05, 3.63) is 122 Å². The molecule has 14 nitrogen and oxygen atoms in total. The number of carbonyl (C=O) groups excluding carboxylic acids is 1. The Morgan fingerprint density at radius 1 is 0.984 bits per heavy atom. The topological polar surface area (TPSA) is 172 Å². The van der Waals surface area contributed by atoms with E-state index in [0.29, 0.717) is 10.7 Å². The van der Waals surface area contributed by atoms with Crippen molar-refractivity contribution in [2.24, 2.45) is 13.0 Å². The van der Waals surface area contributed by atoms with Gasteiger partial charge in [-0.3, -0.25) is 28.2 Å². The van der Waals surface area contributed by atoms with Gasteiger partial charge in [0.15, 0.2) is 11.6 Å². The highest BCUT2D eigenvalue weighted by Crippen LogP contribution is 2.68. The molecule has 24 heteroatoms. The van der Waals surface area contributed by atoms with Crippen LogP contribution >= 0.6 is 11.6 Å². The number of aromatic nitrogens is 8. The van der Waals surface area contributed by atoms with E-state index in [-0.39, 0.29) is 73.1 Å². The van der Waals surface area contributed by atoms with Crippen LogP contribution in [0, 0.1) is 17.6 Å². The van der Waals surface area contributed by atoms with Crippen LogP contribution in [0.2, 0.25) is 5.02 Å². The Balaban J connectivity index is 1.26. The summed E-state index contributed by atoms with van der Waals surface area (Å²) in [6.45, 7) is -1.05. The van der Waals surface area contributed by atoms with E-state index in [1.165, 1.54) is 42.1 Å². The number of nitrogens with zero attached hydrogens (tertiary/aromatic N) is 8. The van der Waals surface area contributed by atoms with Gasteiger partial charge in [0.25, 0.3) is 24.3 Å². The Morgan fingerprint density at radius 3 is 2.41 bits per heavy atom. The molecule has 9 rings (SSSR count). The Morgan fingerprint density at radius 2 is 1.72 bits per heavy atom. The van der Waals surface area contributed by atoms with E-state index in [9.17, 15) is 44.3 Å². The predicted molar refractivity (Wildman–Crippen MR) is 214 cm³/mol. The number of halogens is 9. The second-order valence-corrected chi connectivity index (χ2v) is 17.5. The molecular weight excluding hydrogens is 904 g/mol. The Hall–Kier alpha value is -6.49. The average molecular weight is 933 g/mol. The van der Waals surface area contributed by atoms with Crippen molar-refractivity contribution >= 4 is 55.2 Å². The number of anilines is 1. The van der Waals surface area contributed by atoms with E-state index in [1.54, 1.807) is 0 Å². The lowest BCUT2D eigenvalue weighted by Gasteiger charge is -2.24. The highest BCUT2D eigenvalue weighted by molar-refractivity contribution is 7.92. The fourth-order valence-electron chi connectivity index (χ4n) is 8.35. The molecule has 4 aromatic heterocycles. The Bertz CT molecular complexity index is 3250. The molecule has 0 aliphatic heterocycles. The summed E-state index contributed by atoms with van der Waals surface area (Å²) in [5.74, 6) is -9.72. The van der Waals surface area contributed by atoms with Gasteiger partial charge in [-0.2, -0.15) is 19.0 Å². The van der Waals surface area contributed by atoms with E-state index < -0.39 is 99.8 Å². The highest BCUT2D eigenvalue weighted by Gasteiger charge is 2.67. The minimum Gasteiger partial charge on any atom is -0.344 e. The molecule has 2 aliphatic carbocycles. The van der Waals surface area contributed by atoms with Crippen LogP contribution in [0.4, 0.5) is 40.9 Å². The molecule has 332 valence electrons. The second kappa shape index (κ2) is 15.3. The van der Waals surface area contributed by atoms with Crippen LogP contribution < -0.4 is 15.6 Å². The standard InChI is InChI=1S/C40H29ClF8N10O4S/c1-57-32-27(6-5-23(41)30(32)37(55-57)56-64(2,62)63)59-38(53-25-12-17(3-4-20(25)39(59)61)36-50-8-7-24(52-36)34(44)45)26(11-16-9-18(42)13-19(43)10-16)51-28(60)15-58-33-29(31(54-58)35(46)47)21-14-22(21)40(33,48)49/h3-10,12-13,21-22,26,34-35H,11,14-15H2,1-2H3,(H,51,60)(H,55,56)/t21-,22+,26?/m0/s1. The van der Waals surface area contributed by atoms with Gasteiger partial charge in [-0.05, 0) is 60.4 Å². The van der Waals surface area contributed by atoms with Crippen LogP contribution in [0.15, 0.2) is 65.6 Å². The first-order chi connectivity index (χ1) is 30.2. The van der Waals surface area contributed by atoms with Gasteiger partial charge in [0.1, 0.15) is 41.1 Å². The lowest BCUT2D eigenvalue weighted by atomic mass is 10.0. The number of hydrogen-bond acceptors (Lipinski definition) is 9. The molecule has 0 spiro atoms. The molecule has 1 saturated carbocycles. The SMILES string of the molecule is Cn1nc(NS(C)(=O)=O)c2c(Cl)ccc(-n3c(C(Cc4cc(F)cc(F)c4)NC(=O)Cn4nc(C(F)F)c5c4C(F)(F)[C@@H]4C[C@H]54)nc4cc(-c5nccc(C(F)F)n5)ccc4c3=O)c21. The van der Waals surface area contributed by atoms with Crippen molar-refractivity contribution in [3.8, 4) is 17.1 Å². The lowest BCUT2D eigenvalue weighted by Crippen LogP contribution is -2.38. The number of alkyl halides is 6. The summed E-state index contributed by atoms with van der Waals surface area (Å²) in [6, 6.07) is 8.39. The van der Waals surface area contributed by atoms with Crippen molar-refractivity contribution in [2.75, 3.05) is 11.0 Å². The molecule has 0 bridgehead atoms. The van der Waals surface area contributed by atoms with Crippen LogP contribution in [0.25, 0.3) is 38.9 Å². The normalized spacial score (nSPS) is 17.0. The number of hydrogen-bond donors (Lipinski definition) is 2. The molecule has 1 amide bonds. The van der Waals surface area contributed by atoms with Gasteiger partial charge < -0.3 is 5.32 Å². The van der Waals surface area contributed by atoms with Crippen LogP contribution in [-0.2, 0) is 40.8 Å². The number of fused-ring (bicyclic) bond motifs is 5. The van der Waals surface area contributed by atoms with Crippen molar-refractivity contribution in [3.63, 3.8) is 0 Å². The van der Waals surface area contributed by atoms with Crippen LogP contribution in [0.3, 0.4) is 0 Å². The summed E-state index contributed by atoms with van der Waals surface area (Å²) in [6.07, 6.45) is -4.85. The molecule has 1 unspecified atom stereocenters. The highest BCUT2D eigenvalue weighted by atomic mass is 35.5. The van der Waals surface area contributed by atoms with E-state index in [1.807, 2.05) is 0 Å². The maximum atomic E-state index is 15.5. The third-order valence-corrected chi connectivity index (χ3v) is 11.8. The minimum absolute atomic E-state index is 0.00517. The van der Waals surface area contributed by atoms with Gasteiger partial charge in [-0.15, -0.1) is 0 Å². The molecular formula is C40H29ClF8N10O4S. The molecule has 3 aromatic carbocycles. The number of nitrogens with one attached hydrogen (secondary N) is 2. The molecule has 1 fully saturated rings. The van der Waals surface area contributed by atoms with Gasteiger partial charge in [-0.1, -0.05) is 17.7 Å². The van der Waals surface area contributed by atoms with Gasteiger partial charge in [-0.25, -0.2) is 49.7 Å². The summed E-state index contributed by atoms with van der Waals surface area (Å²) in [5.41, 5.74) is -3.71. The fraction of sp³-hybridized carbons (Fsp3) is 0.275. The van der Waals surface area contributed by atoms with Crippen molar-refractivity contribution in [1.82, 2.24) is 44.4 Å². The first-order valence-corrected chi connectivity index (χ1v) is 21.3. The molecule has 4 heterocycles. The average Bonchev–Trinajstić information content (AvgIpc) is 3.75. The quantitative estimate of drug-likeness (QED) is 0.118. The van der Waals surface area contributed by atoms with Gasteiger partial charge >= 0.3 is 0 Å². The summed E-state index contributed by atoms with van der Waals surface area (Å²) in [7, 11) is -2.56. The van der Waals surface area contributed by atoms with Crippen molar-refractivity contribution in [1.29, 1.82) is 0 Å². The smallest absolute Gasteiger partial charge is 0.293 e. The van der Waals surface area contributed by atoms with E-state index in [0.717, 1.165) is 35.2 Å². The molecule has 2 aliphatic rings. The number of benzene rings is 3. The Labute approximate surface area is 360 Å². The third-order valence-electron chi connectivity index (χ3n) is 11.0. The zero-order valence-corrected chi connectivity index (χ0v) is 34.4. The van der Waals surface area contributed by atoms with Gasteiger partial charge in [0.05, 0.1) is 44.8 Å². The van der Waals surface area contributed by atoms with Crippen LogP contribution in [-0.4, -0.2) is 59.7 Å². The predicted octanol–water partition coefficient (Wildman–Crippen LogP) is 7.41. The zero-order chi connectivity index (χ0) is 45.7. The largest absolute Gasteiger partial charge is 0.344 e. The minimum atomic E-state index is -3.96. The summed E-state index contributed by atoms with van der Waals surface area (Å²) < 4.78 is 146. The second-order valence-electron chi connectivity index (χ2n) is 15.4. The van der Waals surface area contributed by atoms with E-state index >= 15 is 8.78 Å². The van der Waals surface area contributed by atoms with E-state index in [2.05, 4.69) is 30.2 Å². The molecule has 3 atom stereocenters. The molecule has 7 aromatic rings. The van der Waals surface area contributed by atoms with Crippen molar-refractivity contribution in [2.45, 2.75) is 50.1 Å². The summed E-state index contributed by atoms with van der Waals surface area (Å²) in [4.78, 5) is 41.8. The number of rotatable bonds is 12.